The molecule has 0 unspecified atom stereocenters. The average Bonchev–Trinajstić information content (AvgIpc) is 2.67. The van der Waals surface area contributed by atoms with Crippen molar-refractivity contribution in [2.24, 2.45) is 0 Å². The summed E-state index contributed by atoms with van der Waals surface area (Å²) in [7, 11) is -3.59. The first kappa shape index (κ1) is 24.6. The van der Waals surface area contributed by atoms with E-state index < -0.39 is 27.2 Å². The molecule has 0 spiro atoms. The molecule has 0 saturated heterocycles. The summed E-state index contributed by atoms with van der Waals surface area (Å²) in [6.07, 6.45) is -0.169. The third-order valence-electron chi connectivity index (χ3n) is 5.18. The summed E-state index contributed by atoms with van der Waals surface area (Å²) in [6, 6.07) is 13.5. The van der Waals surface area contributed by atoms with Gasteiger partial charge in [-0.1, -0.05) is 45.0 Å². The molecular weight excluding hydrogens is 416 g/mol. The fourth-order valence-corrected chi connectivity index (χ4v) is 4.30. The minimum atomic E-state index is -3.59. The largest absolute Gasteiger partial charge is 0.481 e. The number of aliphatic carboxylic acids is 1. The Morgan fingerprint density at radius 1 is 0.871 bits per heavy atom. The standard InChI is InChI=1S/C24H30O6S/c1-23(2,3)17-8-10-18(11-9-17)24(4,5)22(27)30-19-12-14-20(15-13-19)31(28,29)16-6-7-21(25)26/h8-15H,6-7,16H2,1-5H3,(H,25,26). The van der Waals surface area contributed by atoms with E-state index in [4.69, 9.17) is 9.84 Å². The van der Waals surface area contributed by atoms with E-state index in [-0.39, 0.29) is 34.7 Å². The molecule has 7 heteroatoms. The number of rotatable bonds is 8. The molecule has 0 aliphatic heterocycles. The van der Waals surface area contributed by atoms with Crippen molar-refractivity contribution in [1.29, 1.82) is 0 Å². The molecule has 0 saturated carbocycles. The zero-order valence-electron chi connectivity index (χ0n) is 18.6. The molecule has 0 aromatic heterocycles. The molecule has 0 atom stereocenters. The van der Waals surface area contributed by atoms with Gasteiger partial charge in [0, 0.05) is 6.42 Å². The van der Waals surface area contributed by atoms with Crippen molar-refractivity contribution in [3.05, 3.63) is 59.7 Å². The molecule has 1 N–H and O–H groups in total. The minimum Gasteiger partial charge on any atom is -0.481 e. The van der Waals surface area contributed by atoms with E-state index in [0.717, 1.165) is 5.56 Å². The zero-order chi connectivity index (χ0) is 23.4. The minimum absolute atomic E-state index is 0.0128. The van der Waals surface area contributed by atoms with E-state index >= 15 is 0 Å². The van der Waals surface area contributed by atoms with Crippen LogP contribution in [0.5, 0.6) is 5.75 Å². The van der Waals surface area contributed by atoms with Gasteiger partial charge in [-0.05, 0) is 61.1 Å². The van der Waals surface area contributed by atoms with E-state index in [0.29, 0.717) is 0 Å². The van der Waals surface area contributed by atoms with Gasteiger partial charge in [0.05, 0.1) is 16.1 Å². The monoisotopic (exact) mass is 446 g/mol. The van der Waals surface area contributed by atoms with Crippen LogP contribution in [0, 0.1) is 0 Å². The van der Waals surface area contributed by atoms with Crippen molar-refractivity contribution in [2.75, 3.05) is 5.75 Å². The first-order valence-electron chi connectivity index (χ1n) is 10.1. The Labute approximate surface area is 184 Å². The highest BCUT2D eigenvalue weighted by Gasteiger charge is 2.32. The lowest BCUT2D eigenvalue weighted by atomic mass is 9.81. The van der Waals surface area contributed by atoms with Crippen LogP contribution in [0.15, 0.2) is 53.4 Å². The van der Waals surface area contributed by atoms with Crippen molar-refractivity contribution in [1.82, 2.24) is 0 Å². The first-order valence-corrected chi connectivity index (χ1v) is 11.8. The highest BCUT2D eigenvalue weighted by atomic mass is 32.2. The number of carbonyl (C=O) groups is 2. The number of benzene rings is 2. The van der Waals surface area contributed by atoms with Gasteiger partial charge in [-0.2, -0.15) is 0 Å². The lowest BCUT2D eigenvalue weighted by molar-refractivity contribution is -0.140. The van der Waals surface area contributed by atoms with Crippen LogP contribution in [-0.2, 0) is 30.3 Å². The highest BCUT2D eigenvalue weighted by Crippen LogP contribution is 2.29. The molecule has 0 radical (unpaired) electrons. The van der Waals surface area contributed by atoms with E-state index in [1.165, 1.54) is 29.8 Å². The molecular formula is C24H30O6S. The van der Waals surface area contributed by atoms with Crippen molar-refractivity contribution >= 4 is 21.8 Å². The lowest BCUT2D eigenvalue weighted by Gasteiger charge is -2.25. The topological polar surface area (TPSA) is 97.7 Å². The van der Waals surface area contributed by atoms with Crippen LogP contribution < -0.4 is 4.74 Å². The fraction of sp³-hybridized carbons (Fsp3) is 0.417. The predicted octanol–water partition coefficient (Wildman–Crippen LogP) is 4.51. The summed E-state index contributed by atoms with van der Waals surface area (Å²) in [5, 5.41) is 8.65. The second-order valence-electron chi connectivity index (χ2n) is 9.13. The Bertz CT molecular complexity index is 1030. The lowest BCUT2D eigenvalue weighted by Crippen LogP contribution is -2.33. The van der Waals surface area contributed by atoms with E-state index in [1.807, 2.05) is 24.3 Å². The fourth-order valence-electron chi connectivity index (χ4n) is 2.99. The van der Waals surface area contributed by atoms with Crippen molar-refractivity contribution in [3.8, 4) is 5.75 Å². The van der Waals surface area contributed by atoms with Crippen LogP contribution in [0.2, 0.25) is 0 Å². The number of sulfone groups is 1. The van der Waals surface area contributed by atoms with Crippen LogP contribution in [0.4, 0.5) is 0 Å². The van der Waals surface area contributed by atoms with E-state index in [2.05, 4.69) is 20.8 Å². The van der Waals surface area contributed by atoms with Crippen molar-refractivity contribution in [3.63, 3.8) is 0 Å². The first-order chi connectivity index (χ1) is 14.2. The maximum absolute atomic E-state index is 12.8. The van der Waals surface area contributed by atoms with Crippen LogP contribution >= 0.6 is 0 Å². The van der Waals surface area contributed by atoms with Crippen molar-refractivity contribution in [2.45, 2.75) is 63.2 Å². The number of carbonyl (C=O) groups excluding carboxylic acids is 1. The molecule has 6 nitrogen and oxygen atoms in total. The van der Waals surface area contributed by atoms with Gasteiger partial charge < -0.3 is 9.84 Å². The Balaban J connectivity index is 2.10. The van der Waals surface area contributed by atoms with Crippen LogP contribution in [0.25, 0.3) is 0 Å². The molecule has 0 bridgehead atoms. The second kappa shape index (κ2) is 9.22. The maximum Gasteiger partial charge on any atom is 0.321 e. The Kier molecular flexibility index (Phi) is 7.32. The predicted molar refractivity (Wildman–Crippen MR) is 119 cm³/mol. The third kappa shape index (κ3) is 6.40. The molecule has 0 aliphatic rings. The van der Waals surface area contributed by atoms with Gasteiger partial charge in [0.1, 0.15) is 5.75 Å². The molecule has 2 rings (SSSR count). The number of hydrogen-bond acceptors (Lipinski definition) is 5. The van der Waals surface area contributed by atoms with Gasteiger partial charge in [-0.25, -0.2) is 8.42 Å². The van der Waals surface area contributed by atoms with Gasteiger partial charge in [0.15, 0.2) is 9.84 Å². The summed E-state index contributed by atoms with van der Waals surface area (Å²) in [5.41, 5.74) is 1.11. The highest BCUT2D eigenvalue weighted by molar-refractivity contribution is 7.91. The summed E-state index contributed by atoms with van der Waals surface area (Å²) < 4.78 is 30.1. The molecule has 0 aliphatic carbocycles. The summed E-state index contributed by atoms with van der Waals surface area (Å²) in [5.74, 6) is -1.49. The number of esters is 1. The maximum atomic E-state index is 12.8. The van der Waals surface area contributed by atoms with E-state index in [1.54, 1.807) is 13.8 Å². The zero-order valence-corrected chi connectivity index (χ0v) is 19.5. The quantitative estimate of drug-likeness (QED) is 0.473. The van der Waals surface area contributed by atoms with Crippen LogP contribution in [-0.4, -0.2) is 31.2 Å². The number of ether oxygens (including phenoxy) is 1. The Morgan fingerprint density at radius 2 is 1.39 bits per heavy atom. The average molecular weight is 447 g/mol. The number of hydrogen-bond donors (Lipinski definition) is 1. The number of carboxylic acid groups (broad SMARTS) is 1. The Morgan fingerprint density at radius 3 is 1.87 bits per heavy atom. The molecule has 0 fully saturated rings. The molecule has 0 heterocycles. The molecule has 31 heavy (non-hydrogen) atoms. The van der Waals surface area contributed by atoms with Gasteiger partial charge in [-0.3, -0.25) is 9.59 Å². The van der Waals surface area contributed by atoms with Crippen LogP contribution in [0.1, 0.15) is 58.6 Å². The van der Waals surface area contributed by atoms with Crippen molar-refractivity contribution < 1.29 is 27.9 Å². The molecule has 168 valence electrons. The molecule has 2 aromatic carbocycles. The summed E-state index contributed by atoms with van der Waals surface area (Å²) in [4.78, 5) is 23.4. The molecule has 2 aromatic rings. The molecule has 0 amide bonds. The van der Waals surface area contributed by atoms with Gasteiger partial charge >= 0.3 is 11.9 Å². The van der Waals surface area contributed by atoms with Gasteiger partial charge in [0.2, 0.25) is 0 Å². The van der Waals surface area contributed by atoms with Gasteiger partial charge in [-0.15, -0.1) is 0 Å². The summed E-state index contributed by atoms with van der Waals surface area (Å²) in [6.45, 7) is 9.93. The van der Waals surface area contributed by atoms with Crippen LogP contribution in [0.3, 0.4) is 0 Å². The van der Waals surface area contributed by atoms with Gasteiger partial charge in [0.25, 0.3) is 0 Å². The summed E-state index contributed by atoms with van der Waals surface area (Å²) >= 11 is 0. The smallest absolute Gasteiger partial charge is 0.321 e. The van der Waals surface area contributed by atoms with E-state index in [9.17, 15) is 18.0 Å². The Hall–Kier alpha value is -2.67. The SMILES string of the molecule is CC(C)(C)c1ccc(C(C)(C)C(=O)Oc2ccc(S(=O)(=O)CCCC(=O)O)cc2)cc1. The normalized spacial score (nSPS) is 12.4. The number of carboxylic acids is 1. The third-order valence-corrected chi connectivity index (χ3v) is 7.00. The second-order valence-corrected chi connectivity index (χ2v) is 11.2.